The molecule has 0 spiro atoms. The van der Waals surface area contributed by atoms with Crippen molar-refractivity contribution < 1.29 is 14.7 Å². The van der Waals surface area contributed by atoms with Gasteiger partial charge in [0.25, 0.3) is 11.8 Å². The standard InChI is InChI=1S/C14H21N3O3/c1-4-9-10(12(15)18)8(2)16-11(9)13(19)17-6-5-14(3,20)7-17/h16,20H,4-7H2,1-3H3,(H2,15,18). The molecule has 2 heterocycles. The number of likely N-dealkylation sites (tertiary alicyclic amines) is 1. The number of carbonyl (C=O) groups is 2. The van der Waals surface area contributed by atoms with Gasteiger partial charge >= 0.3 is 0 Å². The second kappa shape index (κ2) is 4.94. The van der Waals surface area contributed by atoms with Gasteiger partial charge < -0.3 is 20.7 Å². The lowest BCUT2D eigenvalue weighted by Gasteiger charge is -2.19. The van der Waals surface area contributed by atoms with Crippen LogP contribution >= 0.6 is 0 Å². The van der Waals surface area contributed by atoms with Gasteiger partial charge in [0.2, 0.25) is 0 Å². The maximum absolute atomic E-state index is 12.5. The highest BCUT2D eigenvalue weighted by atomic mass is 16.3. The Kier molecular flexibility index (Phi) is 3.60. The zero-order valence-corrected chi connectivity index (χ0v) is 12.1. The highest BCUT2D eigenvalue weighted by Gasteiger charge is 2.36. The highest BCUT2D eigenvalue weighted by molar-refractivity contribution is 6.02. The lowest BCUT2D eigenvalue weighted by molar-refractivity contribution is 0.0568. The second-order valence-corrected chi connectivity index (χ2v) is 5.67. The van der Waals surface area contributed by atoms with Crippen LogP contribution in [0.3, 0.4) is 0 Å². The van der Waals surface area contributed by atoms with Crippen LogP contribution in [0.1, 0.15) is 52.4 Å². The summed E-state index contributed by atoms with van der Waals surface area (Å²) in [5, 5.41) is 9.96. The minimum absolute atomic E-state index is 0.185. The van der Waals surface area contributed by atoms with Gasteiger partial charge in [-0.15, -0.1) is 0 Å². The van der Waals surface area contributed by atoms with Crippen LogP contribution in [-0.4, -0.2) is 45.5 Å². The number of hydrogen-bond acceptors (Lipinski definition) is 3. The molecular weight excluding hydrogens is 258 g/mol. The van der Waals surface area contributed by atoms with Gasteiger partial charge in [-0.2, -0.15) is 0 Å². The first kappa shape index (κ1) is 14.6. The van der Waals surface area contributed by atoms with Crippen LogP contribution in [0.25, 0.3) is 0 Å². The number of aryl methyl sites for hydroxylation is 1. The van der Waals surface area contributed by atoms with Crippen molar-refractivity contribution >= 4 is 11.8 Å². The molecule has 6 heteroatoms. The number of β-amino-alcohol motifs (C(OH)–C–C–N with tert-alkyl or cyclic N) is 1. The van der Waals surface area contributed by atoms with E-state index in [2.05, 4.69) is 4.98 Å². The maximum Gasteiger partial charge on any atom is 0.270 e. The molecule has 110 valence electrons. The second-order valence-electron chi connectivity index (χ2n) is 5.67. The van der Waals surface area contributed by atoms with Gasteiger partial charge in [-0.1, -0.05) is 6.92 Å². The van der Waals surface area contributed by atoms with E-state index in [-0.39, 0.29) is 5.91 Å². The third kappa shape index (κ3) is 2.43. The Balaban J connectivity index is 2.36. The molecule has 1 aliphatic rings. The number of nitrogens with two attached hydrogens (primary N) is 1. The van der Waals surface area contributed by atoms with Gasteiger partial charge in [0.05, 0.1) is 11.2 Å². The van der Waals surface area contributed by atoms with E-state index in [0.717, 1.165) is 0 Å². The largest absolute Gasteiger partial charge is 0.388 e. The Labute approximate surface area is 118 Å². The molecule has 0 radical (unpaired) electrons. The normalized spacial score (nSPS) is 22.3. The number of nitrogens with one attached hydrogen (secondary N) is 1. The van der Waals surface area contributed by atoms with E-state index >= 15 is 0 Å². The van der Waals surface area contributed by atoms with Crippen LogP contribution in [0.5, 0.6) is 0 Å². The number of primary amides is 1. The van der Waals surface area contributed by atoms with E-state index in [0.29, 0.717) is 48.4 Å². The van der Waals surface area contributed by atoms with Crippen molar-refractivity contribution in [2.45, 2.75) is 39.2 Å². The topological polar surface area (TPSA) is 99.4 Å². The van der Waals surface area contributed by atoms with E-state index in [1.165, 1.54) is 0 Å². The van der Waals surface area contributed by atoms with Gasteiger partial charge in [-0.05, 0) is 32.3 Å². The summed E-state index contributed by atoms with van der Waals surface area (Å²) in [4.78, 5) is 28.6. The minimum Gasteiger partial charge on any atom is -0.388 e. The van der Waals surface area contributed by atoms with Gasteiger partial charge in [-0.3, -0.25) is 9.59 Å². The van der Waals surface area contributed by atoms with Crippen LogP contribution < -0.4 is 5.73 Å². The lowest BCUT2D eigenvalue weighted by Crippen LogP contribution is -2.34. The Morgan fingerprint density at radius 3 is 2.60 bits per heavy atom. The van der Waals surface area contributed by atoms with Crippen molar-refractivity contribution in [1.82, 2.24) is 9.88 Å². The molecule has 1 atom stereocenters. The number of amides is 2. The molecule has 1 aromatic rings. The minimum atomic E-state index is -0.837. The summed E-state index contributed by atoms with van der Waals surface area (Å²) in [5.74, 6) is -0.710. The molecule has 2 rings (SSSR count). The molecule has 0 saturated carbocycles. The maximum atomic E-state index is 12.5. The average Bonchev–Trinajstić information content (AvgIpc) is 2.88. The summed E-state index contributed by atoms with van der Waals surface area (Å²) >= 11 is 0. The van der Waals surface area contributed by atoms with Crippen molar-refractivity contribution in [2.75, 3.05) is 13.1 Å². The fraction of sp³-hybridized carbons (Fsp3) is 0.571. The van der Waals surface area contributed by atoms with Gasteiger partial charge in [0.1, 0.15) is 5.69 Å². The van der Waals surface area contributed by atoms with E-state index in [1.807, 2.05) is 6.92 Å². The summed E-state index contributed by atoms with van der Waals surface area (Å²) in [6, 6.07) is 0. The molecule has 1 unspecified atom stereocenters. The van der Waals surface area contributed by atoms with Crippen LogP contribution in [0.15, 0.2) is 0 Å². The first-order valence-electron chi connectivity index (χ1n) is 6.79. The number of aromatic nitrogens is 1. The Hall–Kier alpha value is -1.82. The first-order chi connectivity index (χ1) is 9.26. The van der Waals surface area contributed by atoms with Crippen molar-refractivity contribution in [3.63, 3.8) is 0 Å². The van der Waals surface area contributed by atoms with Crippen LogP contribution in [-0.2, 0) is 6.42 Å². The van der Waals surface area contributed by atoms with Gasteiger partial charge in [-0.25, -0.2) is 0 Å². The summed E-state index contributed by atoms with van der Waals surface area (Å²) in [6.45, 7) is 6.15. The van der Waals surface area contributed by atoms with Crippen LogP contribution in [0.4, 0.5) is 0 Å². The van der Waals surface area contributed by atoms with E-state index < -0.39 is 11.5 Å². The average molecular weight is 279 g/mol. The molecule has 1 fully saturated rings. The summed E-state index contributed by atoms with van der Waals surface area (Å²) < 4.78 is 0. The van der Waals surface area contributed by atoms with Crippen molar-refractivity contribution in [3.05, 3.63) is 22.5 Å². The lowest BCUT2D eigenvalue weighted by atomic mass is 10.1. The fourth-order valence-electron chi connectivity index (χ4n) is 2.82. The Morgan fingerprint density at radius 1 is 1.50 bits per heavy atom. The van der Waals surface area contributed by atoms with Crippen molar-refractivity contribution in [3.8, 4) is 0 Å². The molecular formula is C14H21N3O3. The first-order valence-corrected chi connectivity index (χ1v) is 6.79. The highest BCUT2D eigenvalue weighted by Crippen LogP contribution is 2.25. The van der Waals surface area contributed by atoms with Crippen LogP contribution in [0, 0.1) is 6.92 Å². The van der Waals surface area contributed by atoms with E-state index in [9.17, 15) is 14.7 Å². The molecule has 0 bridgehead atoms. The Bertz CT molecular complexity index is 560. The smallest absolute Gasteiger partial charge is 0.270 e. The zero-order chi connectivity index (χ0) is 15.1. The third-order valence-corrected chi connectivity index (χ3v) is 3.84. The summed E-state index contributed by atoms with van der Waals surface area (Å²) in [5.41, 5.74) is 6.63. The molecule has 0 aromatic carbocycles. The third-order valence-electron chi connectivity index (χ3n) is 3.84. The monoisotopic (exact) mass is 279 g/mol. The molecule has 1 aliphatic heterocycles. The zero-order valence-electron chi connectivity index (χ0n) is 12.1. The predicted octanol–water partition coefficient (Wildman–Crippen LogP) is 0.581. The van der Waals surface area contributed by atoms with Gasteiger partial charge in [0, 0.05) is 18.8 Å². The summed E-state index contributed by atoms with van der Waals surface area (Å²) in [7, 11) is 0. The number of carbonyl (C=O) groups excluding carboxylic acids is 2. The number of aliphatic hydroxyl groups is 1. The van der Waals surface area contributed by atoms with Gasteiger partial charge in [0.15, 0.2) is 0 Å². The molecule has 1 aromatic heterocycles. The molecule has 4 N–H and O–H groups in total. The number of nitrogens with zero attached hydrogens (tertiary/aromatic N) is 1. The number of hydrogen-bond donors (Lipinski definition) is 3. The van der Waals surface area contributed by atoms with E-state index in [1.54, 1.807) is 18.7 Å². The van der Waals surface area contributed by atoms with Crippen molar-refractivity contribution in [1.29, 1.82) is 0 Å². The predicted molar refractivity (Wildman–Crippen MR) is 74.6 cm³/mol. The number of rotatable bonds is 3. The molecule has 2 amide bonds. The quantitative estimate of drug-likeness (QED) is 0.754. The van der Waals surface area contributed by atoms with E-state index in [4.69, 9.17) is 5.73 Å². The SMILES string of the molecule is CCc1c(C(=O)N2CCC(C)(O)C2)[nH]c(C)c1C(N)=O. The summed E-state index contributed by atoms with van der Waals surface area (Å²) in [6.07, 6.45) is 1.11. The number of H-pyrrole nitrogens is 1. The molecule has 1 saturated heterocycles. The molecule has 20 heavy (non-hydrogen) atoms. The number of aromatic amines is 1. The molecule has 0 aliphatic carbocycles. The van der Waals surface area contributed by atoms with Crippen LogP contribution in [0.2, 0.25) is 0 Å². The fourth-order valence-corrected chi connectivity index (χ4v) is 2.82. The molecule has 6 nitrogen and oxygen atoms in total. The Morgan fingerprint density at radius 2 is 2.15 bits per heavy atom. The van der Waals surface area contributed by atoms with Crippen molar-refractivity contribution in [2.24, 2.45) is 5.73 Å².